The van der Waals surface area contributed by atoms with Crippen LogP contribution in [-0.2, 0) is 9.53 Å². The van der Waals surface area contributed by atoms with Gasteiger partial charge in [0.2, 0.25) is 0 Å². The summed E-state index contributed by atoms with van der Waals surface area (Å²) in [4.78, 5) is 22.0. The van der Waals surface area contributed by atoms with E-state index >= 15 is 0 Å². The molecule has 0 saturated carbocycles. The highest BCUT2D eigenvalue weighted by Gasteiger charge is 2.22. The van der Waals surface area contributed by atoms with E-state index in [4.69, 9.17) is 9.47 Å². The standard InChI is InChI=1S/C13H16BrNO5/c1-3-5-12(13(16)19-4-2)20-11-7-9(14)6-10(8-11)15(17)18/h6-8,12H,3-5H2,1-2H3. The average molecular weight is 346 g/mol. The number of esters is 1. The summed E-state index contributed by atoms with van der Waals surface area (Å²) in [5, 5.41) is 10.8. The van der Waals surface area contributed by atoms with Crippen LogP contribution in [0.15, 0.2) is 22.7 Å². The second-order valence-corrected chi connectivity index (χ2v) is 4.97. The van der Waals surface area contributed by atoms with Gasteiger partial charge in [0.15, 0.2) is 6.10 Å². The summed E-state index contributed by atoms with van der Waals surface area (Å²) in [6.07, 6.45) is 0.465. The first-order valence-corrected chi connectivity index (χ1v) is 7.05. The van der Waals surface area contributed by atoms with Crippen LogP contribution >= 0.6 is 15.9 Å². The summed E-state index contributed by atoms with van der Waals surface area (Å²) < 4.78 is 11.0. The largest absolute Gasteiger partial charge is 0.478 e. The lowest BCUT2D eigenvalue weighted by Crippen LogP contribution is -2.29. The van der Waals surface area contributed by atoms with Crippen molar-refractivity contribution in [2.75, 3.05) is 6.61 Å². The molecular formula is C13H16BrNO5. The Morgan fingerprint density at radius 3 is 2.65 bits per heavy atom. The summed E-state index contributed by atoms with van der Waals surface area (Å²) in [5.41, 5.74) is -0.103. The molecule has 1 rings (SSSR count). The molecule has 1 atom stereocenters. The lowest BCUT2D eigenvalue weighted by Gasteiger charge is -2.17. The number of non-ortho nitro benzene ring substituents is 1. The van der Waals surface area contributed by atoms with Crippen molar-refractivity contribution in [3.63, 3.8) is 0 Å². The van der Waals surface area contributed by atoms with Crippen LogP contribution in [0, 0.1) is 10.1 Å². The van der Waals surface area contributed by atoms with Crippen molar-refractivity contribution in [3.8, 4) is 5.75 Å². The quantitative estimate of drug-likeness (QED) is 0.429. The van der Waals surface area contributed by atoms with Gasteiger partial charge in [-0.2, -0.15) is 0 Å². The lowest BCUT2D eigenvalue weighted by molar-refractivity contribution is -0.385. The predicted molar refractivity (Wildman–Crippen MR) is 76.8 cm³/mol. The van der Waals surface area contributed by atoms with Gasteiger partial charge in [0.1, 0.15) is 5.75 Å². The van der Waals surface area contributed by atoms with E-state index in [9.17, 15) is 14.9 Å². The maximum absolute atomic E-state index is 11.7. The van der Waals surface area contributed by atoms with Crippen molar-refractivity contribution in [2.24, 2.45) is 0 Å². The zero-order valence-corrected chi connectivity index (χ0v) is 12.9. The van der Waals surface area contributed by atoms with Gasteiger partial charge in [-0.15, -0.1) is 0 Å². The highest BCUT2D eigenvalue weighted by molar-refractivity contribution is 9.10. The van der Waals surface area contributed by atoms with Crippen molar-refractivity contribution in [3.05, 3.63) is 32.8 Å². The molecule has 6 nitrogen and oxygen atoms in total. The third-order valence-corrected chi connectivity index (χ3v) is 2.90. The number of nitro benzene ring substituents is 1. The molecule has 0 aliphatic heterocycles. The highest BCUT2D eigenvalue weighted by atomic mass is 79.9. The number of nitrogens with zero attached hydrogens (tertiary/aromatic N) is 1. The third-order valence-electron chi connectivity index (χ3n) is 2.45. The van der Waals surface area contributed by atoms with E-state index in [2.05, 4.69) is 15.9 Å². The predicted octanol–water partition coefficient (Wildman–Crippen LogP) is 3.47. The molecule has 20 heavy (non-hydrogen) atoms. The maximum atomic E-state index is 11.7. The molecule has 0 spiro atoms. The SMILES string of the molecule is CCCC(Oc1cc(Br)cc([N+](=O)[O-])c1)C(=O)OCC. The fourth-order valence-corrected chi connectivity index (χ4v) is 2.07. The second kappa shape index (κ2) is 7.84. The summed E-state index contributed by atoms with van der Waals surface area (Å²) >= 11 is 3.18. The number of hydrogen-bond acceptors (Lipinski definition) is 5. The van der Waals surface area contributed by atoms with E-state index in [0.717, 1.165) is 6.42 Å². The summed E-state index contributed by atoms with van der Waals surface area (Å²) in [6.45, 7) is 3.89. The Balaban J connectivity index is 2.92. The minimum Gasteiger partial charge on any atom is -0.478 e. The van der Waals surface area contributed by atoms with E-state index in [1.54, 1.807) is 13.0 Å². The summed E-state index contributed by atoms with van der Waals surface area (Å²) in [6, 6.07) is 4.23. The molecule has 7 heteroatoms. The van der Waals surface area contributed by atoms with Crippen LogP contribution in [0.3, 0.4) is 0 Å². The number of rotatable bonds is 7. The number of hydrogen-bond donors (Lipinski definition) is 0. The topological polar surface area (TPSA) is 78.7 Å². The Morgan fingerprint density at radius 1 is 1.40 bits per heavy atom. The number of benzene rings is 1. The Morgan fingerprint density at radius 2 is 2.10 bits per heavy atom. The molecule has 0 saturated heterocycles. The highest BCUT2D eigenvalue weighted by Crippen LogP contribution is 2.27. The number of ether oxygens (including phenoxy) is 2. The molecule has 0 aromatic heterocycles. The molecule has 1 aromatic rings. The molecule has 0 amide bonds. The van der Waals surface area contributed by atoms with Crippen LogP contribution in [0.25, 0.3) is 0 Å². The molecule has 0 aliphatic carbocycles. The van der Waals surface area contributed by atoms with Gasteiger partial charge in [-0.05, 0) is 19.4 Å². The Labute approximate surface area is 125 Å². The molecule has 1 unspecified atom stereocenters. The first-order valence-electron chi connectivity index (χ1n) is 6.26. The Bertz CT molecular complexity index is 492. The molecule has 0 aliphatic rings. The summed E-state index contributed by atoms with van der Waals surface area (Å²) in [5.74, 6) is -0.199. The first kappa shape index (κ1) is 16.4. The normalized spacial score (nSPS) is 11.8. The van der Waals surface area contributed by atoms with Crippen molar-refractivity contribution < 1.29 is 19.2 Å². The van der Waals surface area contributed by atoms with E-state index < -0.39 is 17.0 Å². The van der Waals surface area contributed by atoms with E-state index in [0.29, 0.717) is 10.9 Å². The van der Waals surface area contributed by atoms with Gasteiger partial charge in [0.25, 0.3) is 5.69 Å². The molecule has 1 aromatic carbocycles. The minimum atomic E-state index is -0.756. The van der Waals surface area contributed by atoms with Gasteiger partial charge in [-0.25, -0.2) is 4.79 Å². The van der Waals surface area contributed by atoms with Crippen LogP contribution in [0.1, 0.15) is 26.7 Å². The molecular weight excluding hydrogens is 330 g/mol. The number of nitro groups is 1. The van der Waals surface area contributed by atoms with Crippen molar-refractivity contribution >= 4 is 27.6 Å². The van der Waals surface area contributed by atoms with Crippen LogP contribution in [0.4, 0.5) is 5.69 Å². The fraction of sp³-hybridized carbons (Fsp3) is 0.462. The maximum Gasteiger partial charge on any atom is 0.347 e. The third kappa shape index (κ3) is 4.80. The van der Waals surface area contributed by atoms with Crippen LogP contribution in [0.2, 0.25) is 0 Å². The number of carbonyl (C=O) groups excluding carboxylic acids is 1. The number of carbonyl (C=O) groups is 1. The van der Waals surface area contributed by atoms with Crippen LogP contribution in [-0.4, -0.2) is 23.6 Å². The molecule has 0 heterocycles. The van der Waals surface area contributed by atoms with Gasteiger partial charge in [0, 0.05) is 10.5 Å². The van der Waals surface area contributed by atoms with Crippen molar-refractivity contribution in [1.29, 1.82) is 0 Å². The van der Waals surface area contributed by atoms with E-state index in [1.807, 2.05) is 6.92 Å². The number of halogens is 1. The Hall–Kier alpha value is -1.63. The van der Waals surface area contributed by atoms with Crippen molar-refractivity contribution in [2.45, 2.75) is 32.8 Å². The van der Waals surface area contributed by atoms with Gasteiger partial charge < -0.3 is 9.47 Å². The van der Waals surface area contributed by atoms with Gasteiger partial charge in [0.05, 0.1) is 17.6 Å². The minimum absolute atomic E-state index is 0.103. The van der Waals surface area contributed by atoms with E-state index in [1.165, 1.54) is 12.1 Å². The zero-order valence-electron chi connectivity index (χ0n) is 11.3. The van der Waals surface area contributed by atoms with Crippen LogP contribution in [0.5, 0.6) is 5.75 Å². The molecule has 0 bridgehead atoms. The van der Waals surface area contributed by atoms with Gasteiger partial charge in [-0.3, -0.25) is 10.1 Å². The molecule has 0 radical (unpaired) electrons. The monoisotopic (exact) mass is 345 g/mol. The fourth-order valence-electron chi connectivity index (χ4n) is 1.61. The van der Waals surface area contributed by atoms with Crippen LogP contribution < -0.4 is 4.74 Å². The molecule has 110 valence electrons. The second-order valence-electron chi connectivity index (χ2n) is 4.05. The lowest BCUT2D eigenvalue weighted by atomic mass is 10.2. The van der Waals surface area contributed by atoms with Crippen molar-refractivity contribution in [1.82, 2.24) is 0 Å². The average Bonchev–Trinajstić information content (AvgIpc) is 2.37. The Kier molecular flexibility index (Phi) is 6.44. The molecule has 0 N–H and O–H groups in total. The summed E-state index contributed by atoms with van der Waals surface area (Å²) in [7, 11) is 0. The first-order chi connectivity index (χ1) is 9.47. The van der Waals surface area contributed by atoms with Gasteiger partial charge >= 0.3 is 5.97 Å². The van der Waals surface area contributed by atoms with E-state index in [-0.39, 0.29) is 18.0 Å². The smallest absolute Gasteiger partial charge is 0.347 e. The van der Waals surface area contributed by atoms with Gasteiger partial charge in [-0.1, -0.05) is 29.3 Å². The molecule has 0 fully saturated rings. The zero-order chi connectivity index (χ0) is 15.1.